The van der Waals surface area contributed by atoms with E-state index in [1.165, 1.54) is 0 Å². The SMILES string of the molecule is CO[C@@H]1O[C@H](CO[Si](C)(C)C)[C@@H](O[Si](C)(C)C)[C@H](O[Si](C)(C)C)[C@@H]1O[Si](C)(C)C. The highest BCUT2D eigenvalue weighted by molar-refractivity contribution is 6.71. The van der Waals surface area contributed by atoms with Crippen molar-refractivity contribution in [1.82, 2.24) is 0 Å². The molecule has 0 aliphatic carbocycles. The van der Waals surface area contributed by atoms with Gasteiger partial charge in [0.2, 0.25) is 0 Å². The van der Waals surface area contributed by atoms with Gasteiger partial charge >= 0.3 is 0 Å². The van der Waals surface area contributed by atoms with E-state index in [1.54, 1.807) is 7.11 Å². The Balaban J connectivity index is 3.34. The summed E-state index contributed by atoms with van der Waals surface area (Å²) in [5, 5.41) is 0. The van der Waals surface area contributed by atoms with Gasteiger partial charge in [-0.2, -0.15) is 0 Å². The lowest BCUT2D eigenvalue weighted by Crippen LogP contribution is -2.66. The molecule has 0 aromatic rings. The van der Waals surface area contributed by atoms with Crippen LogP contribution in [0, 0.1) is 0 Å². The zero-order valence-electron chi connectivity index (χ0n) is 21.0. The van der Waals surface area contributed by atoms with Crippen molar-refractivity contribution in [2.24, 2.45) is 0 Å². The van der Waals surface area contributed by atoms with E-state index < -0.39 is 39.6 Å². The molecule has 0 radical (unpaired) electrons. The number of hydrogen-bond acceptors (Lipinski definition) is 6. The average Bonchev–Trinajstić information content (AvgIpc) is 2.44. The van der Waals surface area contributed by atoms with Gasteiger partial charge in [-0.15, -0.1) is 0 Å². The fourth-order valence-electron chi connectivity index (χ4n) is 3.16. The molecule has 29 heavy (non-hydrogen) atoms. The van der Waals surface area contributed by atoms with Gasteiger partial charge in [0.15, 0.2) is 39.6 Å². The quantitative estimate of drug-likeness (QED) is 0.414. The molecular formula is C19H46O6Si4. The Labute approximate surface area is 183 Å². The van der Waals surface area contributed by atoms with Gasteiger partial charge in [-0.25, -0.2) is 0 Å². The molecule has 0 amide bonds. The summed E-state index contributed by atoms with van der Waals surface area (Å²) < 4.78 is 38.4. The van der Waals surface area contributed by atoms with E-state index in [2.05, 4.69) is 78.6 Å². The van der Waals surface area contributed by atoms with Crippen LogP contribution in [-0.4, -0.2) is 77.7 Å². The number of hydrogen-bond donors (Lipinski definition) is 0. The predicted octanol–water partition coefficient (Wildman–Crippen LogP) is 4.87. The van der Waals surface area contributed by atoms with Crippen LogP contribution in [0.4, 0.5) is 0 Å². The maximum absolute atomic E-state index is 6.72. The summed E-state index contributed by atoms with van der Waals surface area (Å²) in [4.78, 5) is 0. The van der Waals surface area contributed by atoms with Crippen molar-refractivity contribution < 1.29 is 27.2 Å². The summed E-state index contributed by atoms with van der Waals surface area (Å²) in [6.45, 7) is 26.8. The van der Waals surface area contributed by atoms with E-state index in [1.807, 2.05) is 0 Å². The summed E-state index contributed by atoms with van der Waals surface area (Å²) in [6, 6.07) is 0. The van der Waals surface area contributed by atoms with E-state index >= 15 is 0 Å². The molecule has 1 fully saturated rings. The van der Waals surface area contributed by atoms with Gasteiger partial charge in [0.05, 0.1) is 6.61 Å². The highest BCUT2D eigenvalue weighted by Gasteiger charge is 2.51. The summed E-state index contributed by atoms with van der Waals surface area (Å²) in [5.41, 5.74) is 0. The highest BCUT2D eigenvalue weighted by atomic mass is 28.4. The number of rotatable bonds is 10. The fraction of sp³-hybridized carbons (Fsp3) is 1.00. The molecular weight excluding hydrogens is 437 g/mol. The minimum Gasteiger partial charge on any atom is -0.415 e. The molecule has 0 saturated carbocycles. The van der Waals surface area contributed by atoms with Gasteiger partial charge in [0, 0.05) is 7.11 Å². The van der Waals surface area contributed by atoms with E-state index in [9.17, 15) is 0 Å². The molecule has 0 aromatic carbocycles. The maximum atomic E-state index is 6.72. The van der Waals surface area contributed by atoms with Crippen molar-refractivity contribution in [3.8, 4) is 0 Å². The lowest BCUT2D eigenvalue weighted by Gasteiger charge is -2.50. The van der Waals surface area contributed by atoms with Crippen molar-refractivity contribution in [2.75, 3.05) is 13.7 Å². The zero-order chi connectivity index (χ0) is 22.8. The van der Waals surface area contributed by atoms with E-state index in [0.29, 0.717) is 6.61 Å². The molecule has 1 heterocycles. The Kier molecular flexibility index (Phi) is 9.59. The third-order valence-corrected chi connectivity index (χ3v) is 7.94. The summed E-state index contributed by atoms with van der Waals surface area (Å²) >= 11 is 0. The second-order valence-corrected chi connectivity index (χ2v) is 29.7. The van der Waals surface area contributed by atoms with Gasteiger partial charge < -0.3 is 27.2 Å². The first-order valence-corrected chi connectivity index (χ1v) is 24.3. The van der Waals surface area contributed by atoms with Gasteiger partial charge in [-0.05, 0) is 78.6 Å². The molecule has 0 unspecified atom stereocenters. The van der Waals surface area contributed by atoms with Gasteiger partial charge in [-0.3, -0.25) is 0 Å². The average molecular weight is 483 g/mol. The third-order valence-electron chi connectivity index (χ3n) is 3.97. The van der Waals surface area contributed by atoms with Crippen molar-refractivity contribution in [3.05, 3.63) is 0 Å². The van der Waals surface area contributed by atoms with Crippen LogP contribution in [0.15, 0.2) is 0 Å². The largest absolute Gasteiger partial charge is 0.415 e. The molecule has 0 N–H and O–H groups in total. The van der Waals surface area contributed by atoms with Gasteiger partial charge in [0.1, 0.15) is 24.4 Å². The first kappa shape index (κ1) is 27.7. The van der Waals surface area contributed by atoms with Crippen LogP contribution >= 0.6 is 0 Å². The molecule has 1 saturated heterocycles. The minimum atomic E-state index is -1.88. The Hall–Kier alpha value is 0.628. The van der Waals surface area contributed by atoms with Crippen molar-refractivity contribution in [1.29, 1.82) is 0 Å². The second kappa shape index (κ2) is 10.1. The molecule has 0 aromatic heterocycles. The molecule has 6 nitrogen and oxygen atoms in total. The molecule has 5 atom stereocenters. The van der Waals surface area contributed by atoms with Crippen LogP contribution in [0.3, 0.4) is 0 Å². The molecule has 0 bridgehead atoms. The first-order valence-electron chi connectivity index (χ1n) is 10.7. The monoisotopic (exact) mass is 482 g/mol. The number of methoxy groups -OCH3 is 1. The summed E-state index contributed by atoms with van der Waals surface area (Å²) in [6.07, 6.45) is -1.55. The Morgan fingerprint density at radius 3 is 1.38 bits per heavy atom. The fourth-order valence-corrected chi connectivity index (χ4v) is 7.07. The third kappa shape index (κ3) is 10.7. The zero-order valence-corrected chi connectivity index (χ0v) is 25.0. The molecule has 1 aliphatic heterocycles. The van der Waals surface area contributed by atoms with Crippen LogP contribution in [-0.2, 0) is 27.2 Å². The lowest BCUT2D eigenvalue weighted by atomic mass is 9.99. The van der Waals surface area contributed by atoms with Crippen LogP contribution in [0.25, 0.3) is 0 Å². The van der Waals surface area contributed by atoms with E-state index in [4.69, 9.17) is 27.2 Å². The molecule has 10 heteroatoms. The van der Waals surface area contributed by atoms with Crippen molar-refractivity contribution in [3.63, 3.8) is 0 Å². The standard InChI is InChI=1S/C19H46O6Si4/c1-20-19-18(25-29(11,12)13)17(24-28(8,9)10)16(23-27(5,6)7)15(22-19)14-21-26(2,3)4/h15-19H,14H2,1-13H3/t15-,16-,17+,18+,19-/m1/s1. The highest BCUT2D eigenvalue weighted by Crippen LogP contribution is 2.34. The second-order valence-electron chi connectivity index (χ2n) is 11.8. The van der Waals surface area contributed by atoms with Crippen LogP contribution in [0.5, 0.6) is 0 Å². The minimum absolute atomic E-state index is 0.238. The molecule has 1 aliphatic rings. The molecule has 1 rings (SSSR count). The van der Waals surface area contributed by atoms with Crippen molar-refractivity contribution >= 4 is 33.3 Å². The first-order chi connectivity index (χ1) is 12.8. The maximum Gasteiger partial charge on any atom is 0.185 e. The van der Waals surface area contributed by atoms with Crippen molar-refractivity contribution in [2.45, 2.75) is 109 Å². The molecule has 0 spiro atoms. The predicted molar refractivity (Wildman–Crippen MR) is 130 cm³/mol. The van der Waals surface area contributed by atoms with Gasteiger partial charge in [-0.1, -0.05) is 0 Å². The van der Waals surface area contributed by atoms with Crippen LogP contribution < -0.4 is 0 Å². The van der Waals surface area contributed by atoms with Crippen LogP contribution in [0.1, 0.15) is 0 Å². The van der Waals surface area contributed by atoms with E-state index in [0.717, 1.165) is 0 Å². The Bertz CT molecular complexity index is 507. The normalized spacial score (nSPS) is 29.9. The summed E-state index contributed by atoms with van der Waals surface area (Å²) in [5.74, 6) is 0. The lowest BCUT2D eigenvalue weighted by molar-refractivity contribution is -0.283. The number of ether oxygens (including phenoxy) is 2. The van der Waals surface area contributed by atoms with Crippen LogP contribution in [0.2, 0.25) is 78.6 Å². The molecule has 174 valence electrons. The summed E-state index contributed by atoms with van der Waals surface area (Å²) in [7, 11) is -5.66. The Morgan fingerprint density at radius 1 is 0.586 bits per heavy atom. The Morgan fingerprint density at radius 2 is 1.00 bits per heavy atom. The van der Waals surface area contributed by atoms with Gasteiger partial charge in [0.25, 0.3) is 0 Å². The smallest absolute Gasteiger partial charge is 0.185 e. The van der Waals surface area contributed by atoms with E-state index in [-0.39, 0.29) is 24.4 Å². The topological polar surface area (TPSA) is 55.4 Å².